The molecule has 2 N–H and O–H groups in total. The normalized spacial score (nSPS) is 37.6. The molecule has 1 heterocycles. The van der Waals surface area contributed by atoms with Crippen LogP contribution in [0.3, 0.4) is 0 Å². The summed E-state index contributed by atoms with van der Waals surface area (Å²) in [5, 5.41) is 18.1. The number of ether oxygens (including phenoxy) is 1. The van der Waals surface area contributed by atoms with Gasteiger partial charge in [-0.1, -0.05) is 0 Å². The molecule has 0 saturated heterocycles. The van der Waals surface area contributed by atoms with Gasteiger partial charge in [-0.3, -0.25) is 4.68 Å². The molecule has 2 saturated carbocycles. The number of hydrogen-bond donors (Lipinski definition) is 2. The highest BCUT2D eigenvalue weighted by Crippen LogP contribution is 2.34. The van der Waals surface area contributed by atoms with Crippen LogP contribution in [0.5, 0.6) is 0 Å². The molecule has 0 aromatic carbocycles. The topological polar surface area (TPSA) is 59.3 Å². The Hall–Kier alpha value is -0.910. The van der Waals surface area contributed by atoms with E-state index in [0.29, 0.717) is 18.2 Å². The molecule has 2 fully saturated rings. The Balaban J connectivity index is 1.56. The van der Waals surface area contributed by atoms with Gasteiger partial charge in [-0.15, -0.1) is 0 Å². The van der Waals surface area contributed by atoms with Crippen LogP contribution in [0.15, 0.2) is 12.4 Å². The van der Waals surface area contributed by atoms with Gasteiger partial charge in [-0.2, -0.15) is 5.10 Å². The van der Waals surface area contributed by atoms with E-state index in [2.05, 4.69) is 10.4 Å². The van der Waals surface area contributed by atoms with Gasteiger partial charge in [-0.05, 0) is 44.6 Å². The first-order valence-corrected chi connectivity index (χ1v) is 7.65. The van der Waals surface area contributed by atoms with Gasteiger partial charge >= 0.3 is 0 Å². The zero-order valence-electron chi connectivity index (χ0n) is 12.3. The summed E-state index contributed by atoms with van der Waals surface area (Å²) in [7, 11) is 1.80. The van der Waals surface area contributed by atoms with E-state index in [1.54, 1.807) is 7.11 Å². The molecular formula is C15H25N3O2. The van der Waals surface area contributed by atoms with Crippen molar-refractivity contribution in [1.82, 2.24) is 15.1 Å². The second-order valence-corrected chi connectivity index (χ2v) is 6.27. The minimum atomic E-state index is -0.276. The Bertz CT molecular complexity index is 440. The van der Waals surface area contributed by atoms with E-state index in [9.17, 15) is 5.11 Å². The Kier molecular flexibility index (Phi) is 4.10. The first-order valence-electron chi connectivity index (χ1n) is 7.65. The molecule has 0 bridgehead atoms. The summed E-state index contributed by atoms with van der Waals surface area (Å²) in [5.74, 6) is 0. The Morgan fingerprint density at radius 1 is 1.35 bits per heavy atom. The van der Waals surface area contributed by atoms with E-state index < -0.39 is 0 Å². The van der Waals surface area contributed by atoms with E-state index >= 15 is 0 Å². The van der Waals surface area contributed by atoms with Crippen molar-refractivity contribution in [3.8, 4) is 0 Å². The molecule has 3 atom stereocenters. The molecule has 5 heteroatoms. The quantitative estimate of drug-likeness (QED) is 0.875. The zero-order valence-corrected chi connectivity index (χ0v) is 12.3. The highest BCUT2D eigenvalue weighted by atomic mass is 16.5. The second-order valence-electron chi connectivity index (χ2n) is 6.27. The van der Waals surface area contributed by atoms with Crippen LogP contribution in [0.4, 0.5) is 0 Å². The van der Waals surface area contributed by atoms with Crippen molar-refractivity contribution in [3.63, 3.8) is 0 Å². The molecule has 1 aromatic rings. The highest BCUT2D eigenvalue weighted by molar-refractivity contribution is 5.06. The third-order valence-electron chi connectivity index (χ3n) is 4.80. The van der Waals surface area contributed by atoms with Crippen LogP contribution in [0.1, 0.15) is 43.7 Å². The average Bonchev–Trinajstić information content (AvgIpc) is 2.84. The van der Waals surface area contributed by atoms with Gasteiger partial charge in [0.2, 0.25) is 0 Å². The van der Waals surface area contributed by atoms with Gasteiger partial charge in [-0.25, -0.2) is 0 Å². The molecular weight excluding hydrogens is 254 g/mol. The number of aryl methyl sites for hydroxylation is 1. The van der Waals surface area contributed by atoms with Crippen LogP contribution in [0.2, 0.25) is 0 Å². The van der Waals surface area contributed by atoms with Crippen LogP contribution >= 0.6 is 0 Å². The minimum absolute atomic E-state index is 0.0869. The fourth-order valence-electron chi connectivity index (χ4n) is 3.50. The molecule has 5 nitrogen and oxygen atoms in total. The molecule has 20 heavy (non-hydrogen) atoms. The Labute approximate surface area is 120 Å². The fraction of sp³-hybridized carbons (Fsp3) is 0.800. The number of aliphatic hydroxyl groups excluding tert-OH is 1. The van der Waals surface area contributed by atoms with Crippen LogP contribution in [0.25, 0.3) is 0 Å². The lowest BCUT2D eigenvalue weighted by atomic mass is 9.81. The number of aromatic nitrogens is 2. The number of aliphatic hydroxyl groups is 1. The van der Waals surface area contributed by atoms with Crippen molar-refractivity contribution in [2.24, 2.45) is 0 Å². The van der Waals surface area contributed by atoms with Crippen molar-refractivity contribution in [2.45, 2.75) is 69.4 Å². The molecule has 1 aromatic heterocycles. The van der Waals surface area contributed by atoms with Gasteiger partial charge < -0.3 is 15.2 Å². The lowest BCUT2D eigenvalue weighted by Crippen LogP contribution is -2.57. The number of hydrogen-bond acceptors (Lipinski definition) is 4. The number of rotatable bonds is 4. The van der Waals surface area contributed by atoms with E-state index in [4.69, 9.17) is 4.74 Å². The second kappa shape index (κ2) is 5.84. The molecule has 2 aliphatic carbocycles. The van der Waals surface area contributed by atoms with E-state index in [-0.39, 0.29) is 12.1 Å². The summed E-state index contributed by atoms with van der Waals surface area (Å²) in [6.45, 7) is 2.03. The predicted molar refractivity (Wildman–Crippen MR) is 76.6 cm³/mol. The summed E-state index contributed by atoms with van der Waals surface area (Å²) < 4.78 is 7.33. The summed E-state index contributed by atoms with van der Waals surface area (Å²) >= 11 is 0. The smallest absolute Gasteiger partial charge is 0.0932 e. The fourth-order valence-corrected chi connectivity index (χ4v) is 3.50. The van der Waals surface area contributed by atoms with Gasteiger partial charge in [0, 0.05) is 25.4 Å². The SMILES string of the molecule is COC1CCC(N[C@H]2C[C@@H](O)[C@@H]2n2cc(C)cn2)CC1. The van der Waals surface area contributed by atoms with Crippen LogP contribution in [-0.2, 0) is 4.74 Å². The van der Waals surface area contributed by atoms with Crippen molar-refractivity contribution < 1.29 is 9.84 Å². The Morgan fingerprint density at radius 2 is 2.10 bits per heavy atom. The van der Waals surface area contributed by atoms with Crippen LogP contribution in [-0.4, -0.2) is 46.3 Å². The first-order chi connectivity index (χ1) is 9.67. The maximum absolute atomic E-state index is 10.0. The van der Waals surface area contributed by atoms with Gasteiger partial charge in [0.05, 0.1) is 24.4 Å². The lowest BCUT2D eigenvalue weighted by Gasteiger charge is -2.44. The molecule has 0 unspecified atom stereocenters. The highest BCUT2D eigenvalue weighted by Gasteiger charge is 2.42. The van der Waals surface area contributed by atoms with Crippen LogP contribution < -0.4 is 5.32 Å². The predicted octanol–water partition coefficient (Wildman–Crippen LogP) is 1.41. The van der Waals surface area contributed by atoms with Crippen molar-refractivity contribution >= 4 is 0 Å². The number of methoxy groups -OCH3 is 1. The summed E-state index contributed by atoms with van der Waals surface area (Å²) in [5.41, 5.74) is 1.14. The Morgan fingerprint density at radius 3 is 2.65 bits per heavy atom. The van der Waals surface area contributed by atoms with E-state index in [1.807, 2.05) is 24.0 Å². The van der Waals surface area contributed by atoms with Gasteiger partial charge in [0.25, 0.3) is 0 Å². The maximum Gasteiger partial charge on any atom is 0.0932 e. The van der Waals surface area contributed by atoms with E-state index in [0.717, 1.165) is 37.7 Å². The molecule has 112 valence electrons. The molecule has 3 rings (SSSR count). The van der Waals surface area contributed by atoms with Crippen LogP contribution in [0, 0.1) is 6.92 Å². The molecule has 0 aliphatic heterocycles. The third-order valence-corrected chi connectivity index (χ3v) is 4.80. The maximum atomic E-state index is 10.0. The molecule has 0 spiro atoms. The zero-order chi connectivity index (χ0) is 14.1. The standard InChI is InChI=1S/C15H25N3O2/c1-10-8-16-18(9-10)15-13(7-14(15)19)17-11-3-5-12(20-2)6-4-11/h8-9,11-15,17,19H,3-7H2,1-2H3/t11?,12?,13-,14+,15+/m0/s1. The monoisotopic (exact) mass is 279 g/mol. The first kappa shape index (κ1) is 14.0. The number of nitrogens with one attached hydrogen (secondary N) is 1. The third kappa shape index (κ3) is 2.75. The summed E-state index contributed by atoms with van der Waals surface area (Å²) in [6.07, 6.45) is 9.45. The molecule has 2 aliphatic rings. The van der Waals surface area contributed by atoms with Crippen molar-refractivity contribution in [2.75, 3.05) is 7.11 Å². The van der Waals surface area contributed by atoms with Gasteiger partial charge in [0.1, 0.15) is 0 Å². The molecule has 0 radical (unpaired) electrons. The largest absolute Gasteiger partial charge is 0.391 e. The number of nitrogens with zero attached hydrogens (tertiary/aromatic N) is 2. The summed E-state index contributed by atoms with van der Waals surface area (Å²) in [6, 6.07) is 0.982. The lowest BCUT2D eigenvalue weighted by molar-refractivity contribution is -0.0170. The minimum Gasteiger partial charge on any atom is -0.391 e. The average molecular weight is 279 g/mol. The van der Waals surface area contributed by atoms with Gasteiger partial charge in [0.15, 0.2) is 0 Å². The van der Waals surface area contributed by atoms with E-state index in [1.165, 1.54) is 0 Å². The molecule has 0 amide bonds. The summed E-state index contributed by atoms with van der Waals surface area (Å²) in [4.78, 5) is 0. The van der Waals surface area contributed by atoms with Crippen molar-refractivity contribution in [1.29, 1.82) is 0 Å². The van der Waals surface area contributed by atoms with Crippen molar-refractivity contribution in [3.05, 3.63) is 18.0 Å².